The molecule has 0 spiro atoms. The van der Waals surface area contributed by atoms with Crippen LogP contribution in [0.3, 0.4) is 0 Å². The Morgan fingerprint density at radius 2 is 1.58 bits per heavy atom. The first-order chi connectivity index (χ1) is 27.8. The minimum Gasteiger partial charge on any atom is -0.481 e. The first kappa shape index (κ1) is 40.9. The first-order valence-electron chi connectivity index (χ1n) is 23.2. The molecule has 2 N–H and O–H groups in total. The van der Waals surface area contributed by atoms with Crippen molar-refractivity contribution >= 4 is 17.8 Å². The van der Waals surface area contributed by atoms with Gasteiger partial charge < -0.3 is 14.7 Å². The Balaban J connectivity index is 0.968. The molecule has 1 aromatic heterocycles. The van der Waals surface area contributed by atoms with Gasteiger partial charge in [-0.3, -0.25) is 19.5 Å². The number of carbonyl (C=O) groups excluding carboxylic acids is 2. The maximum Gasteiger partial charge on any atom is 0.309 e. The van der Waals surface area contributed by atoms with Crippen LogP contribution in [0.4, 0.5) is 0 Å². The Bertz CT molecular complexity index is 2020. The molecule has 6 saturated carbocycles. The van der Waals surface area contributed by atoms with Crippen molar-refractivity contribution in [3.05, 3.63) is 48.3 Å². The van der Waals surface area contributed by atoms with Gasteiger partial charge in [0.2, 0.25) is 5.91 Å². The highest BCUT2D eigenvalue weighted by Gasteiger charge is 2.72. The number of ether oxygens (including phenoxy) is 1. The molecule has 7 aliphatic rings. The van der Waals surface area contributed by atoms with Crippen LogP contribution in [-0.4, -0.2) is 55.7 Å². The predicted molar refractivity (Wildman–Crippen MR) is 227 cm³/mol. The van der Waals surface area contributed by atoms with Crippen LogP contribution in [0.25, 0.3) is 11.4 Å². The molecule has 13 atom stereocenters. The molecular formula is C50H70N4O5. The van der Waals surface area contributed by atoms with E-state index in [4.69, 9.17) is 9.72 Å². The lowest BCUT2D eigenvalue weighted by atomic mass is 9.32. The number of nitrogens with zero attached hydrogens (tertiary/aromatic N) is 3. The van der Waals surface area contributed by atoms with E-state index in [-0.39, 0.29) is 57.0 Å². The van der Waals surface area contributed by atoms with E-state index >= 15 is 4.79 Å². The van der Waals surface area contributed by atoms with Crippen molar-refractivity contribution in [2.75, 3.05) is 6.54 Å². The van der Waals surface area contributed by atoms with Crippen LogP contribution in [-0.2, 0) is 19.1 Å². The van der Waals surface area contributed by atoms with Crippen molar-refractivity contribution in [3.63, 3.8) is 0 Å². The van der Waals surface area contributed by atoms with E-state index in [1.807, 2.05) is 44.2 Å². The smallest absolute Gasteiger partial charge is 0.309 e. The fourth-order valence-corrected chi connectivity index (χ4v) is 16.4. The Morgan fingerprint density at radius 3 is 2.27 bits per heavy atom. The van der Waals surface area contributed by atoms with Gasteiger partial charge in [0.05, 0.1) is 23.3 Å². The van der Waals surface area contributed by atoms with E-state index in [1.54, 1.807) is 0 Å². The summed E-state index contributed by atoms with van der Waals surface area (Å²) in [6.07, 6.45) is 12.5. The van der Waals surface area contributed by atoms with Gasteiger partial charge in [-0.25, -0.2) is 4.98 Å². The lowest BCUT2D eigenvalue weighted by Crippen LogP contribution is -2.67. The van der Waals surface area contributed by atoms with Crippen LogP contribution in [0, 0.1) is 73.9 Å². The molecule has 0 unspecified atom stereocenters. The second-order valence-electron chi connectivity index (χ2n) is 22.7. The molecule has 320 valence electrons. The number of H-pyrrole nitrogens is 1. The Morgan fingerprint density at radius 1 is 0.831 bits per heavy atom. The number of aromatic nitrogens is 3. The SMILES string of the molecule is C=C(C)[C@@H]1CC[C@]2(C(=O)N3CCC[C@H]3c3nc(-c4ccccc4)n[nH]3)CC[C@]3(C)[C@H](CC[C@@H]4[C@@]5(C)CC[C@H](OC(=O)[C@H]6C[C@@H](C(=O)O)C6(C)C)C(C)(C)[C@@H]5CC[C@]43C)[C@@H]12. The molecule has 1 amide bonds. The van der Waals surface area contributed by atoms with Gasteiger partial charge in [0.25, 0.3) is 0 Å². The van der Waals surface area contributed by atoms with E-state index in [1.165, 1.54) is 12.0 Å². The number of carbonyl (C=O) groups is 3. The third kappa shape index (κ3) is 5.69. The Labute approximate surface area is 352 Å². The summed E-state index contributed by atoms with van der Waals surface area (Å²) in [6, 6.07) is 10.0. The highest BCUT2D eigenvalue weighted by molar-refractivity contribution is 5.85. The van der Waals surface area contributed by atoms with Crippen molar-refractivity contribution in [2.24, 2.45) is 73.9 Å². The molecule has 9 heteroatoms. The van der Waals surface area contributed by atoms with Crippen LogP contribution in [0.1, 0.15) is 151 Å². The zero-order valence-corrected chi connectivity index (χ0v) is 37.1. The van der Waals surface area contributed by atoms with E-state index in [0.717, 1.165) is 88.6 Å². The van der Waals surface area contributed by atoms with Gasteiger partial charge in [-0.15, -0.1) is 0 Å². The van der Waals surface area contributed by atoms with Gasteiger partial charge in [-0.05, 0) is 142 Å². The Hall–Kier alpha value is -3.49. The van der Waals surface area contributed by atoms with Gasteiger partial charge in [0, 0.05) is 17.5 Å². The zero-order chi connectivity index (χ0) is 42.1. The number of carboxylic acid groups (broad SMARTS) is 1. The maximum atomic E-state index is 15.5. The fourth-order valence-electron chi connectivity index (χ4n) is 16.4. The summed E-state index contributed by atoms with van der Waals surface area (Å²) in [6.45, 7) is 24.0. The number of allylic oxidation sites excluding steroid dienone is 1. The number of amides is 1. The lowest BCUT2D eigenvalue weighted by Gasteiger charge is -2.73. The number of hydrogen-bond donors (Lipinski definition) is 2. The number of esters is 1. The second-order valence-corrected chi connectivity index (χ2v) is 22.7. The van der Waals surface area contributed by atoms with Gasteiger partial charge in [0.15, 0.2) is 5.82 Å². The summed E-state index contributed by atoms with van der Waals surface area (Å²) in [4.78, 5) is 48.2. The lowest BCUT2D eigenvalue weighted by molar-refractivity contribution is -0.251. The Kier molecular flexibility index (Phi) is 9.54. The summed E-state index contributed by atoms with van der Waals surface area (Å²) in [7, 11) is 0. The molecule has 9 rings (SSSR count). The number of nitrogens with one attached hydrogen (secondary N) is 1. The molecule has 2 heterocycles. The summed E-state index contributed by atoms with van der Waals surface area (Å²) in [5, 5.41) is 17.6. The quantitative estimate of drug-likeness (QED) is 0.211. The van der Waals surface area contributed by atoms with Crippen LogP contribution in [0.2, 0.25) is 0 Å². The normalized spacial score (nSPS) is 43.0. The third-order valence-electron chi connectivity index (χ3n) is 19.9. The molecule has 2 aromatic rings. The van der Waals surface area contributed by atoms with E-state index in [2.05, 4.69) is 63.2 Å². The molecule has 1 aromatic carbocycles. The average molecular weight is 807 g/mol. The maximum absolute atomic E-state index is 15.5. The molecule has 7 fully saturated rings. The number of aliphatic carboxylic acids is 1. The van der Waals surface area contributed by atoms with Crippen molar-refractivity contribution in [2.45, 2.75) is 151 Å². The van der Waals surface area contributed by atoms with Crippen molar-refractivity contribution in [1.29, 1.82) is 0 Å². The molecule has 0 bridgehead atoms. The minimum atomic E-state index is -0.819. The highest BCUT2D eigenvalue weighted by Crippen LogP contribution is 2.78. The van der Waals surface area contributed by atoms with E-state index in [0.29, 0.717) is 41.8 Å². The predicted octanol–water partition coefficient (Wildman–Crippen LogP) is 10.5. The number of benzene rings is 1. The summed E-state index contributed by atoms with van der Waals surface area (Å²) in [5.41, 5.74) is 1.40. The topological polar surface area (TPSA) is 125 Å². The third-order valence-corrected chi connectivity index (χ3v) is 19.9. The van der Waals surface area contributed by atoms with Crippen LogP contribution in [0.15, 0.2) is 42.5 Å². The minimum absolute atomic E-state index is 0.0808. The zero-order valence-electron chi connectivity index (χ0n) is 37.1. The molecule has 1 saturated heterocycles. The van der Waals surface area contributed by atoms with Crippen LogP contribution in [0.5, 0.6) is 0 Å². The van der Waals surface area contributed by atoms with Crippen molar-refractivity contribution in [3.8, 4) is 11.4 Å². The largest absolute Gasteiger partial charge is 0.481 e. The second kappa shape index (κ2) is 13.8. The standard InChI is InChI=1S/C50H70N4O5/c1-29(2)31-19-24-50(44(58)54-27-13-16-35(54)41-51-40(52-53-41)30-14-11-10-12-15-30)26-25-48(8)32(39(31)50)17-18-37-47(7)22-21-38(46(5,6)36(47)20-23-49(37,48)9)59-43(57)34-28-33(42(55)56)45(34,3)4/h10-12,14-15,31-39H,1,13,16-28H2,2-9H3,(H,55,56)(H,51,52,53)/t31-,32+,33-,34+,35-,36-,37+,38-,39+,47-,48+,49+,50-/m0/s1. The molecule has 9 nitrogen and oxygen atoms in total. The average Bonchev–Trinajstić information content (AvgIpc) is 3.95. The number of aromatic amines is 1. The van der Waals surface area contributed by atoms with Gasteiger partial charge in [-0.2, -0.15) is 5.10 Å². The fraction of sp³-hybridized carbons (Fsp3) is 0.740. The monoisotopic (exact) mass is 807 g/mol. The number of hydrogen-bond acceptors (Lipinski definition) is 6. The summed E-state index contributed by atoms with van der Waals surface area (Å²) >= 11 is 0. The number of rotatable bonds is 7. The van der Waals surface area contributed by atoms with Gasteiger partial charge >= 0.3 is 11.9 Å². The first-order valence-corrected chi connectivity index (χ1v) is 23.2. The molecule has 6 aliphatic carbocycles. The van der Waals surface area contributed by atoms with Crippen molar-refractivity contribution < 1.29 is 24.2 Å². The van der Waals surface area contributed by atoms with Gasteiger partial charge in [0.1, 0.15) is 11.9 Å². The number of likely N-dealkylation sites (tertiary alicyclic amines) is 1. The van der Waals surface area contributed by atoms with Crippen molar-refractivity contribution in [1.82, 2.24) is 20.1 Å². The van der Waals surface area contributed by atoms with E-state index in [9.17, 15) is 14.7 Å². The number of carboxylic acids is 1. The molecule has 0 radical (unpaired) electrons. The summed E-state index contributed by atoms with van der Waals surface area (Å²) in [5.74, 6) is 2.02. The molecular weight excluding hydrogens is 737 g/mol. The molecule has 1 aliphatic heterocycles. The van der Waals surface area contributed by atoms with E-state index < -0.39 is 17.3 Å². The number of fused-ring (bicyclic) bond motifs is 7. The highest BCUT2D eigenvalue weighted by atomic mass is 16.5. The van der Waals surface area contributed by atoms with Crippen LogP contribution >= 0.6 is 0 Å². The van der Waals surface area contributed by atoms with Gasteiger partial charge in [-0.1, -0.05) is 91.0 Å². The van der Waals surface area contributed by atoms with Crippen LogP contribution < -0.4 is 0 Å². The molecule has 59 heavy (non-hydrogen) atoms. The summed E-state index contributed by atoms with van der Waals surface area (Å²) < 4.78 is 6.46.